The van der Waals surface area contributed by atoms with Crippen molar-refractivity contribution in [2.45, 2.75) is 124 Å². The Morgan fingerprint density at radius 3 is 1.90 bits per heavy atom. The Balaban J connectivity index is 1.42. The standard InChI is InChI=1S/C67H71N3O/c1-42(2)52-23-18-19-24-53(52)45-29-27-43(28-30-45)46-33-34-68-58(38-46)48-35-47(36-50(37-48)65(6,7)8)54-25-20-26-60-61(54)69-63(56-40-51(66(9,10)11)41-57(62(56)71)67(12,13)14)70(60)59-32-31-49(64(3,4)5)39-55(59)44-21-16-15-17-22-44/h15-42,71H,1-14H3/i1D3,2D3,9D3,10D3,11D3,12D3,13D3,14D3,33D,38D,40D,42D. The lowest BCUT2D eigenvalue weighted by Gasteiger charge is -2.28. The lowest BCUT2D eigenvalue weighted by atomic mass is 9.79. The first-order valence-corrected chi connectivity index (χ1v) is 23.0. The molecule has 7 aromatic carbocycles. The van der Waals surface area contributed by atoms with Crippen LogP contribution >= 0.6 is 0 Å². The molecule has 0 aliphatic carbocycles. The van der Waals surface area contributed by atoms with Crippen molar-refractivity contribution in [2.24, 2.45) is 0 Å². The fourth-order valence-electron chi connectivity index (χ4n) is 8.79. The number of phenols is 1. The van der Waals surface area contributed by atoms with Crippen molar-refractivity contribution in [1.82, 2.24) is 14.5 Å². The number of hydrogen-bond donors (Lipinski definition) is 1. The third-order valence-electron chi connectivity index (χ3n) is 12.7. The van der Waals surface area contributed by atoms with Gasteiger partial charge in [0.05, 0.1) is 32.1 Å². The van der Waals surface area contributed by atoms with Gasteiger partial charge in [0.15, 0.2) is 0 Å². The molecule has 2 heterocycles. The van der Waals surface area contributed by atoms with Crippen LogP contribution in [0.4, 0.5) is 0 Å². The second-order valence-electron chi connectivity index (χ2n) is 19.9. The van der Waals surface area contributed by atoms with Crippen LogP contribution in [-0.2, 0) is 21.7 Å². The first kappa shape index (κ1) is 25.4. The number of aromatic hydroxyl groups is 1. The Bertz CT molecular complexity index is 4410. The SMILES string of the molecule is [2H]c1cnc(-c2cc(-c3cccc4c3nc(-c3c([2H])c(C(C([2H])([2H])[2H])(C([2H])([2H])[2H])C([2H])([2H])[2H])cc(C(C([2H])([2H])[2H])(C([2H])([2H])[2H])C([2H])([2H])[2H])c3O)n4-c3ccc(C(C)(C)C)cc3-c3ccccc3)cc(C(C)(C)C)c2)c([2H])c1-c1ccc(-c2ccccc2C([2H])(C([2H])([2H])[2H])C([2H])([2H])[2H])cc1. The Hall–Kier alpha value is -7.04. The summed E-state index contributed by atoms with van der Waals surface area (Å²) in [5.41, 5.74) is -10.2. The van der Waals surface area contributed by atoms with Crippen molar-refractivity contribution in [3.05, 3.63) is 192 Å². The Morgan fingerprint density at radius 2 is 1.20 bits per heavy atom. The first-order chi connectivity index (χ1) is 45.0. The van der Waals surface area contributed by atoms with Crippen LogP contribution in [-0.4, -0.2) is 19.6 Å². The smallest absolute Gasteiger partial charge is 0.149 e. The molecule has 1 N–H and O–H groups in total. The summed E-state index contributed by atoms with van der Waals surface area (Å²) in [5.74, 6) is -5.33. The molecule has 4 heteroatoms. The van der Waals surface area contributed by atoms with Gasteiger partial charge in [-0.2, -0.15) is 0 Å². The van der Waals surface area contributed by atoms with Crippen molar-refractivity contribution in [2.75, 3.05) is 0 Å². The monoisotopic (exact) mass is 962 g/mol. The van der Waals surface area contributed by atoms with E-state index in [9.17, 15) is 7.85 Å². The van der Waals surface area contributed by atoms with Gasteiger partial charge in [-0.1, -0.05) is 206 Å². The van der Waals surface area contributed by atoms with Gasteiger partial charge in [-0.3, -0.25) is 9.55 Å². The summed E-state index contributed by atoms with van der Waals surface area (Å²) < 4.78 is 248. The molecule has 0 amide bonds. The molecular weight excluding hydrogens is 863 g/mol. The summed E-state index contributed by atoms with van der Waals surface area (Å²) in [6.07, 6.45) is 1.24. The zero-order valence-electron chi connectivity index (χ0n) is 68.1. The van der Waals surface area contributed by atoms with Gasteiger partial charge in [-0.25, -0.2) is 4.98 Å². The highest BCUT2D eigenvalue weighted by molar-refractivity contribution is 5.98. The molecule has 360 valence electrons. The predicted molar refractivity (Wildman–Crippen MR) is 302 cm³/mol. The van der Waals surface area contributed by atoms with Crippen LogP contribution in [0.15, 0.2) is 164 Å². The van der Waals surface area contributed by atoms with E-state index in [2.05, 4.69) is 4.98 Å². The van der Waals surface area contributed by atoms with Crippen molar-refractivity contribution < 1.29 is 43.5 Å². The van der Waals surface area contributed by atoms with Crippen LogP contribution in [0, 0.1) is 0 Å². The minimum Gasteiger partial charge on any atom is -0.507 e. The largest absolute Gasteiger partial charge is 0.507 e. The van der Waals surface area contributed by atoms with Crippen molar-refractivity contribution in [3.63, 3.8) is 0 Å². The molecule has 0 bridgehead atoms. The van der Waals surface area contributed by atoms with Gasteiger partial charge in [0, 0.05) is 62.7 Å². The summed E-state index contributed by atoms with van der Waals surface area (Å²) >= 11 is 0. The molecule has 0 aliphatic rings. The number of para-hydroxylation sites is 1. The molecule has 0 spiro atoms. The average Bonchev–Trinajstić information content (AvgIpc) is 1.53. The summed E-state index contributed by atoms with van der Waals surface area (Å²) in [4.78, 5) is 9.76. The molecule has 2 aromatic heterocycles. The van der Waals surface area contributed by atoms with Gasteiger partial charge in [0.2, 0.25) is 0 Å². The van der Waals surface area contributed by atoms with E-state index in [4.69, 9.17) is 40.6 Å². The van der Waals surface area contributed by atoms with E-state index in [1.165, 1.54) is 29.0 Å². The summed E-state index contributed by atoms with van der Waals surface area (Å²) in [7, 11) is 0. The van der Waals surface area contributed by atoms with Crippen LogP contribution in [0.2, 0.25) is 0 Å². The normalized spacial score (nSPS) is 19.9. The zero-order valence-corrected chi connectivity index (χ0v) is 40.1. The molecule has 0 aliphatic heterocycles. The van der Waals surface area contributed by atoms with Gasteiger partial charge in [0.25, 0.3) is 0 Å². The van der Waals surface area contributed by atoms with E-state index in [0.717, 1.165) is 5.56 Å². The predicted octanol–water partition coefficient (Wildman–Crippen LogP) is 18.4. The Kier molecular flexibility index (Phi) is 6.54. The summed E-state index contributed by atoms with van der Waals surface area (Å²) in [6.45, 7) is -20.6. The maximum absolute atomic E-state index is 13.2. The van der Waals surface area contributed by atoms with Crippen molar-refractivity contribution in [1.29, 1.82) is 0 Å². The molecule has 71 heavy (non-hydrogen) atoms. The summed E-state index contributed by atoms with van der Waals surface area (Å²) in [5, 5.41) is 13.2. The number of benzene rings is 7. The van der Waals surface area contributed by atoms with Gasteiger partial charge in [-0.15, -0.1) is 0 Å². The molecular formula is C67H71N3O. The molecule has 9 rings (SSSR count). The van der Waals surface area contributed by atoms with E-state index in [0.29, 0.717) is 38.9 Å². The number of phenolic OH excluding ortho intramolecular Hbond substituents is 1. The second-order valence-corrected chi connectivity index (χ2v) is 19.9. The second kappa shape index (κ2) is 18.3. The Morgan fingerprint density at radius 1 is 0.535 bits per heavy atom. The van der Waals surface area contributed by atoms with Gasteiger partial charge in [-0.05, 0) is 132 Å². The van der Waals surface area contributed by atoms with Crippen LogP contribution < -0.4 is 0 Å². The highest BCUT2D eigenvalue weighted by Gasteiger charge is 2.30. The number of fused-ring (bicyclic) bond motifs is 1. The van der Waals surface area contributed by atoms with Gasteiger partial charge >= 0.3 is 0 Å². The number of nitrogens with zero attached hydrogens (tertiary/aromatic N) is 3. The molecule has 0 unspecified atom stereocenters. The van der Waals surface area contributed by atoms with E-state index in [1.54, 1.807) is 109 Å². The quantitative estimate of drug-likeness (QED) is 0.165. The number of imidazole rings is 1. The van der Waals surface area contributed by atoms with Crippen LogP contribution in [0.3, 0.4) is 0 Å². The van der Waals surface area contributed by atoms with Crippen LogP contribution in [0.25, 0.3) is 83.9 Å². The first-order valence-electron chi connectivity index (χ1n) is 37.0. The molecule has 0 radical (unpaired) electrons. The molecule has 0 saturated heterocycles. The molecule has 0 atom stereocenters. The lowest BCUT2D eigenvalue weighted by molar-refractivity contribution is 0.446. The Labute approximate surface area is 462 Å². The summed E-state index contributed by atoms with van der Waals surface area (Å²) in [6, 6.07) is 34.3. The van der Waals surface area contributed by atoms with E-state index >= 15 is 0 Å². The number of rotatable bonds is 8. The van der Waals surface area contributed by atoms with Crippen molar-refractivity contribution in [3.8, 4) is 78.6 Å². The fraction of sp³-hybridized carbons (Fsp3) is 0.284. The lowest BCUT2D eigenvalue weighted by Crippen LogP contribution is -2.17. The minimum absolute atomic E-state index is 0.0417. The highest BCUT2D eigenvalue weighted by Crippen LogP contribution is 2.46. The third-order valence-corrected chi connectivity index (χ3v) is 12.7. The maximum Gasteiger partial charge on any atom is 0.149 e. The van der Waals surface area contributed by atoms with Crippen LogP contribution in [0.1, 0.15) is 168 Å². The van der Waals surface area contributed by atoms with Gasteiger partial charge in [0.1, 0.15) is 11.6 Å². The molecule has 9 aromatic rings. The van der Waals surface area contributed by atoms with Crippen molar-refractivity contribution >= 4 is 11.0 Å². The maximum atomic E-state index is 13.2. The van der Waals surface area contributed by atoms with Crippen LogP contribution in [0.5, 0.6) is 5.75 Å². The minimum atomic E-state index is -4.31. The number of aromatic nitrogens is 3. The molecule has 0 saturated carbocycles. The fourth-order valence-corrected chi connectivity index (χ4v) is 8.79. The third kappa shape index (κ3) is 9.74. The van der Waals surface area contributed by atoms with E-state index in [1.807, 2.05) is 47.6 Å². The van der Waals surface area contributed by atoms with E-state index in [-0.39, 0.29) is 62.8 Å². The number of hydrogen-bond acceptors (Lipinski definition) is 3. The van der Waals surface area contributed by atoms with Gasteiger partial charge < -0.3 is 5.11 Å². The highest BCUT2D eigenvalue weighted by atomic mass is 16.3. The number of pyridine rings is 1. The van der Waals surface area contributed by atoms with E-state index < -0.39 is 117 Å². The zero-order chi connectivity index (χ0) is 74.3. The average molecular weight is 962 g/mol. The topological polar surface area (TPSA) is 50.9 Å². The molecule has 4 nitrogen and oxygen atoms in total. The molecule has 0 fully saturated rings.